The molecular formula is C11H11NS. The molecule has 1 aromatic carbocycles. The van der Waals surface area contributed by atoms with E-state index in [0.29, 0.717) is 0 Å². The summed E-state index contributed by atoms with van der Waals surface area (Å²) < 4.78 is 0. The van der Waals surface area contributed by atoms with Crippen molar-refractivity contribution in [2.75, 3.05) is 0 Å². The third kappa shape index (κ3) is 1.63. The molecule has 0 fully saturated rings. The molecule has 0 aliphatic heterocycles. The summed E-state index contributed by atoms with van der Waals surface area (Å²) >= 11 is 1.68. The van der Waals surface area contributed by atoms with E-state index in [9.17, 15) is 0 Å². The van der Waals surface area contributed by atoms with Crippen LogP contribution in [0.2, 0.25) is 0 Å². The molecule has 1 nitrogen and oxygen atoms in total. The molecule has 0 radical (unpaired) electrons. The van der Waals surface area contributed by atoms with Gasteiger partial charge in [-0.1, -0.05) is 18.2 Å². The third-order valence-electron chi connectivity index (χ3n) is 2.22. The Morgan fingerprint density at radius 3 is 2.62 bits per heavy atom. The Labute approximate surface area is 82.1 Å². The molecule has 2 aromatic rings. The van der Waals surface area contributed by atoms with Crippen molar-refractivity contribution in [1.82, 2.24) is 4.98 Å². The zero-order valence-electron chi connectivity index (χ0n) is 7.74. The Balaban J connectivity index is 2.49. The highest BCUT2D eigenvalue weighted by molar-refractivity contribution is 7.13. The third-order valence-corrected chi connectivity index (χ3v) is 3.05. The fraction of sp³-hybridized carbons (Fsp3) is 0.182. The summed E-state index contributed by atoms with van der Waals surface area (Å²) in [5.41, 5.74) is 5.81. The van der Waals surface area contributed by atoms with Crippen LogP contribution in [0.15, 0.2) is 29.9 Å². The van der Waals surface area contributed by atoms with Crippen LogP contribution in [0.5, 0.6) is 0 Å². The molecule has 0 amide bonds. The molecule has 0 aliphatic carbocycles. The van der Waals surface area contributed by atoms with E-state index in [-0.39, 0.29) is 0 Å². The van der Waals surface area contributed by atoms with Crippen LogP contribution in [0.1, 0.15) is 11.1 Å². The first-order chi connectivity index (χ1) is 6.27. The van der Waals surface area contributed by atoms with Crippen molar-refractivity contribution in [3.8, 4) is 10.4 Å². The zero-order valence-corrected chi connectivity index (χ0v) is 8.56. The molecule has 0 unspecified atom stereocenters. The molecule has 1 aromatic heterocycles. The van der Waals surface area contributed by atoms with Crippen molar-refractivity contribution in [2.45, 2.75) is 13.8 Å². The Kier molecular flexibility index (Phi) is 2.15. The van der Waals surface area contributed by atoms with Gasteiger partial charge < -0.3 is 0 Å². The van der Waals surface area contributed by atoms with Gasteiger partial charge in [-0.3, -0.25) is 4.98 Å². The lowest BCUT2D eigenvalue weighted by Gasteiger charge is -2.01. The van der Waals surface area contributed by atoms with E-state index >= 15 is 0 Å². The maximum Gasteiger partial charge on any atom is 0.0797 e. The lowest BCUT2D eigenvalue weighted by atomic mass is 10.1. The quantitative estimate of drug-likeness (QED) is 0.669. The minimum absolute atomic E-state index is 1.24. The van der Waals surface area contributed by atoms with Gasteiger partial charge in [0.05, 0.1) is 10.4 Å². The van der Waals surface area contributed by atoms with Crippen molar-refractivity contribution >= 4 is 11.3 Å². The number of aromatic nitrogens is 1. The summed E-state index contributed by atoms with van der Waals surface area (Å²) in [6, 6.07) is 6.52. The van der Waals surface area contributed by atoms with Crippen LogP contribution in [0, 0.1) is 13.8 Å². The fourth-order valence-electron chi connectivity index (χ4n) is 1.25. The van der Waals surface area contributed by atoms with E-state index in [2.05, 4.69) is 37.0 Å². The average Bonchev–Trinajstić information content (AvgIpc) is 2.62. The van der Waals surface area contributed by atoms with Gasteiger partial charge in [-0.2, -0.15) is 0 Å². The zero-order chi connectivity index (χ0) is 9.26. The van der Waals surface area contributed by atoms with Crippen LogP contribution in [0.4, 0.5) is 0 Å². The van der Waals surface area contributed by atoms with Gasteiger partial charge >= 0.3 is 0 Å². The van der Waals surface area contributed by atoms with Gasteiger partial charge in [-0.25, -0.2) is 0 Å². The van der Waals surface area contributed by atoms with E-state index in [4.69, 9.17) is 0 Å². The normalized spacial score (nSPS) is 10.3. The molecule has 0 saturated heterocycles. The van der Waals surface area contributed by atoms with Crippen LogP contribution in [0.25, 0.3) is 10.4 Å². The Bertz CT molecular complexity index is 404. The second-order valence-corrected chi connectivity index (χ2v) is 4.05. The SMILES string of the molecule is Cc1ccc(-c2cncs2)cc1C. The monoisotopic (exact) mass is 189 g/mol. The van der Waals surface area contributed by atoms with Gasteiger partial charge in [0.1, 0.15) is 0 Å². The van der Waals surface area contributed by atoms with Gasteiger partial charge in [0.15, 0.2) is 0 Å². The lowest BCUT2D eigenvalue weighted by Crippen LogP contribution is -1.80. The highest BCUT2D eigenvalue weighted by atomic mass is 32.1. The molecule has 0 N–H and O–H groups in total. The molecule has 0 bridgehead atoms. The second-order valence-electron chi connectivity index (χ2n) is 3.16. The fourth-order valence-corrected chi connectivity index (χ4v) is 1.87. The Hall–Kier alpha value is -1.15. The predicted octanol–water partition coefficient (Wildman–Crippen LogP) is 3.43. The van der Waals surface area contributed by atoms with Crippen LogP contribution < -0.4 is 0 Å². The van der Waals surface area contributed by atoms with Gasteiger partial charge in [-0.15, -0.1) is 11.3 Å². The maximum atomic E-state index is 4.07. The van der Waals surface area contributed by atoms with Crippen LogP contribution in [0.3, 0.4) is 0 Å². The molecule has 66 valence electrons. The van der Waals surface area contributed by atoms with Gasteiger partial charge in [0, 0.05) is 6.20 Å². The molecule has 13 heavy (non-hydrogen) atoms. The number of nitrogens with zero attached hydrogens (tertiary/aromatic N) is 1. The van der Waals surface area contributed by atoms with E-state index in [1.54, 1.807) is 11.3 Å². The van der Waals surface area contributed by atoms with Crippen molar-refractivity contribution < 1.29 is 0 Å². The molecule has 0 saturated carbocycles. The topological polar surface area (TPSA) is 12.9 Å². The summed E-state index contributed by atoms with van der Waals surface area (Å²) in [5.74, 6) is 0. The van der Waals surface area contributed by atoms with Gasteiger partial charge in [0.25, 0.3) is 0 Å². The van der Waals surface area contributed by atoms with E-state index in [1.165, 1.54) is 21.6 Å². The number of aryl methyl sites for hydroxylation is 2. The lowest BCUT2D eigenvalue weighted by molar-refractivity contribution is 1.34. The second kappa shape index (κ2) is 3.30. The minimum atomic E-state index is 1.24. The summed E-state index contributed by atoms with van der Waals surface area (Å²) in [5, 5.41) is 0. The average molecular weight is 189 g/mol. The molecule has 0 spiro atoms. The maximum absolute atomic E-state index is 4.07. The van der Waals surface area contributed by atoms with Gasteiger partial charge in [-0.05, 0) is 30.5 Å². The number of hydrogen-bond acceptors (Lipinski definition) is 2. The van der Waals surface area contributed by atoms with Crippen molar-refractivity contribution in [2.24, 2.45) is 0 Å². The summed E-state index contributed by atoms with van der Waals surface area (Å²) in [4.78, 5) is 5.31. The first-order valence-electron chi connectivity index (χ1n) is 4.23. The number of hydrogen-bond donors (Lipinski definition) is 0. The van der Waals surface area contributed by atoms with Crippen LogP contribution >= 0.6 is 11.3 Å². The van der Waals surface area contributed by atoms with E-state index in [0.717, 1.165) is 0 Å². The highest BCUT2D eigenvalue weighted by Gasteiger charge is 2.00. The van der Waals surface area contributed by atoms with Crippen LogP contribution in [-0.4, -0.2) is 4.98 Å². The van der Waals surface area contributed by atoms with E-state index < -0.39 is 0 Å². The highest BCUT2D eigenvalue weighted by Crippen LogP contribution is 2.24. The number of benzene rings is 1. The van der Waals surface area contributed by atoms with Crippen molar-refractivity contribution in [3.05, 3.63) is 41.0 Å². The van der Waals surface area contributed by atoms with Crippen molar-refractivity contribution in [3.63, 3.8) is 0 Å². The standard InChI is InChI=1S/C11H11NS/c1-8-3-4-10(5-9(8)2)11-6-12-7-13-11/h3-7H,1-2H3. The van der Waals surface area contributed by atoms with E-state index in [1.807, 2.05) is 11.7 Å². The molecule has 2 rings (SSSR count). The number of rotatable bonds is 1. The molecule has 0 atom stereocenters. The molecular weight excluding hydrogens is 178 g/mol. The summed E-state index contributed by atoms with van der Waals surface area (Å²) in [6.07, 6.45) is 1.91. The number of thiazole rings is 1. The summed E-state index contributed by atoms with van der Waals surface area (Å²) in [6.45, 7) is 4.27. The Morgan fingerprint density at radius 1 is 1.15 bits per heavy atom. The van der Waals surface area contributed by atoms with Crippen molar-refractivity contribution in [1.29, 1.82) is 0 Å². The minimum Gasteiger partial charge on any atom is -0.252 e. The Morgan fingerprint density at radius 2 is 2.00 bits per heavy atom. The molecule has 0 aliphatic rings. The first-order valence-corrected chi connectivity index (χ1v) is 5.11. The smallest absolute Gasteiger partial charge is 0.0797 e. The van der Waals surface area contributed by atoms with Crippen LogP contribution in [-0.2, 0) is 0 Å². The summed E-state index contributed by atoms with van der Waals surface area (Å²) in [7, 11) is 0. The predicted molar refractivity (Wildman–Crippen MR) is 57.0 cm³/mol. The first kappa shape index (κ1) is 8.45. The molecule has 2 heteroatoms. The van der Waals surface area contributed by atoms with Gasteiger partial charge in [0.2, 0.25) is 0 Å². The molecule has 1 heterocycles. The largest absolute Gasteiger partial charge is 0.252 e.